The molecule has 2 rings (SSSR count). The molecule has 0 fully saturated rings. The van der Waals surface area contributed by atoms with E-state index in [2.05, 4.69) is 21.2 Å². The van der Waals surface area contributed by atoms with Crippen molar-refractivity contribution in [2.24, 2.45) is 0 Å². The molecule has 0 aromatic heterocycles. The molecule has 0 heterocycles. The molecule has 0 atom stereocenters. The zero-order chi connectivity index (χ0) is 15.4. The topological polar surface area (TPSA) is 73.6 Å². The normalized spacial score (nSPS) is 10.0. The molecule has 5 nitrogen and oxygen atoms in total. The minimum Gasteiger partial charge on any atom is -0.496 e. The van der Waals surface area contributed by atoms with Gasteiger partial charge in [0.25, 0.3) is 5.91 Å². The second-order valence-corrected chi connectivity index (χ2v) is 5.12. The van der Waals surface area contributed by atoms with Crippen LogP contribution in [0.3, 0.4) is 0 Å². The highest BCUT2D eigenvalue weighted by Gasteiger charge is 2.12. The number of nitrogens with two attached hydrogens (primary N) is 1. The second-order valence-electron chi connectivity index (χ2n) is 4.26. The number of nitrogen functional groups attached to an aromatic ring is 1. The van der Waals surface area contributed by atoms with E-state index in [0.29, 0.717) is 32.9 Å². The van der Waals surface area contributed by atoms with Crippen molar-refractivity contribution in [3.05, 3.63) is 46.4 Å². The molecule has 6 heteroatoms. The molecular weight excluding hydrogens is 336 g/mol. The van der Waals surface area contributed by atoms with Crippen LogP contribution in [0.4, 0.5) is 11.4 Å². The minimum absolute atomic E-state index is 0.249. The fourth-order valence-corrected chi connectivity index (χ4v) is 2.35. The van der Waals surface area contributed by atoms with E-state index in [4.69, 9.17) is 15.2 Å². The van der Waals surface area contributed by atoms with Gasteiger partial charge in [-0.3, -0.25) is 4.79 Å². The number of rotatable bonds is 4. The Balaban J connectivity index is 2.24. The van der Waals surface area contributed by atoms with Gasteiger partial charge >= 0.3 is 0 Å². The summed E-state index contributed by atoms with van der Waals surface area (Å²) >= 11 is 3.35. The van der Waals surface area contributed by atoms with E-state index < -0.39 is 0 Å². The van der Waals surface area contributed by atoms with Gasteiger partial charge in [0.1, 0.15) is 11.5 Å². The number of methoxy groups -OCH3 is 2. The summed E-state index contributed by atoms with van der Waals surface area (Å²) in [5, 5.41) is 2.79. The lowest BCUT2D eigenvalue weighted by atomic mass is 10.2. The first-order chi connectivity index (χ1) is 10.0. The minimum atomic E-state index is -0.249. The van der Waals surface area contributed by atoms with Crippen molar-refractivity contribution in [3.8, 4) is 11.5 Å². The van der Waals surface area contributed by atoms with Crippen LogP contribution in [0.15, 0.2) is 40.9 Å². The highest BCUT2D eigenvalue weighted by molar-refractivity contribution is 9.10. The number of nitrogens with one attached hydrogen (secondary N) is 1. The van der Waals surface area contributed by atoms with E-state index in [1.54, 1.807) is 43.5 Å². The lowest BCUT2D eigenvalue weighted by Gasteiger charge is -2.11. The summed E-state index contributed by atoms with van der Waals surface area (Å²) in [7, 11) is 3.09. The van der Waals surface area contributed by atoms with Crippen LogP contribution in [-0.4, -0.2) is 20.1 Å². The molecule has 0 bridgehead atoms. The maximum atomic E-state index is 12.3. The average molecular weight is 351 g/mol. The zero-order valence-electron chi connectivity index (χ0n) is 11.6. The zero-order valence-corrected chi connectivity index (χ0v) is 13.2. The largest absolute Gasteiger partial charge is 0.496 e. The van der Waals surface area contributed by atoms with Crippen LogP contribution < -0.4 is 20.5 Å². The first-order valence-electron chi connectivity index (χ1n) is 6.13. The highest BCUT2D eigenvalue weighted by atomic mass is 79.9. The van der Waals surface area contributed by atoms with Crippen LogP contribution in [-0.2, 0) is 0 Å². The van der Waals surface area contributed by atoms with E-state index >= 15 is 0 Å². The van der Waals surface area contributed by atoms with Crippen molar-refractivity contribution in [1.82, 2.24) is 0 Å². The third kappa shape index (κ3) is 3.46. The standard InChI is InChI=1S/C15H15BrN2O3/c1-20-13-6-3-9(7-11(13)16)15(19)18-12-5-4-10(17)8-14(12)21-2/h3-8H,17H2,1-2H3,(H,18,19). The Morgan fingerprint density at radius 3 is 2.43 bits per heavy atom. The average Bonchev–Trinajstić information content (AvgIpc) is 2.48. The molecule has 0 aliphatic heterocycles. The van der Waals surface area contributed by atoms with Crippen molar-refractivity contribution >= 4 is 33.2 Å². The van der Waals surface area contributed by atoms with Crippen molar-refractivity contribution in [3.63, 3.8) is 0 Å². The van der Waals surface area contributed by atoms with Crippen LogP contribution in [0.5, 0.6) is 11.5 Å². The number of halogens is 1. The molecule has 0 radical (unpaired) electrons. The fraction of sp³-hybridized carbons (Fsp3) is 0.133. The van der Waals surface area contributed by atoms with Gasteiger partial charge in [0.05, 0.1) is 24.4 Å². The molecule has 0 saturated carbocycles. The van der Waals surface area contributed by atoms with Crippen LogP contribution >= 0.6 is 15.9 Å². The van der Waals surface area contributed by atoms with E-state index in [9.17, 15) is 4.79 Å². The molecule has 21 heavy (non-hydrogen) atoms. The van der Waals surface area contributed by atoms with Crippen LogP contribution in [0, 0.1) is 0 Å². The van der Waals surface area contributed by atoms with Gasteiger partial charge in [0, 0.05) is 17.3 Å². The summed E-state index contributed by atoms with van der Waals surface area (Å²) in [5.74, 6) is 0.925. The number of amides is 1. The first-order valence-corrected chi connectivity index (χ1v) is 6.93. The van der Waals surface area contributed by atoms with Gasteiger partial charge in [-0.1, -0.05) is 0 Å². The Kier molecular flexibility index (Phi) is 4.70. The first kappa shape index (κ1) is 15.2. The number of carbonyl (C=O) groups is 1. The lowest BCUT2D eigenvalue weighted by molar-refractivity contribution is 0.102. The summed E-state index contributed by atoms with van der Waals surface area (Å²) in [6, 6.07) is 10.1. The third-order valence-electron chi connectivity index (χ3n) is 2.89. The lowest BCUT2D eigenvalue weighted by Crippen LogP contribution is -2.12. The third-order valence-corrected chi connectivity index (χ3v) is 3.51. The molecule has 0 unspecified atom stereocenters. The molecular formula is C15H15BrN2O3. The summed E-state index contributed by atoms with van der Waals surface area (Å²) in [6.45, 7) is 0. The van der Waals surface area contributed by atoms with Crippen molar-refractivity contribution in [2.75, 3.05) is 25.3 Å². The van der Waals surface area contributed by atoms with Gasteiger partial charge in [0.15, 0.2) is 0 Å². The summed E-state index contributed by atoms with van der Waals surface area (Å²) < 4.78 is 11.0. The number of hydrogen-bond acceptors (Lipinski definition) is 4. The maximum Gasteiger partial charge on any atom is 0.255 e. The van der Waals surface area contributed by atoms with Crippen molar-refractivity contribution < 1.29 is 14.3 Å². The molecule has 3 N–H and O–H groups in total. The van der Waals surface area contributed by atoms with Gasteiger partial charge in [-0.2, -0.15) is 0 Å². The smallest absolute Gasteiger partial charge is 0.255 e. The van der Waals surface area contributed by atoms with Gasteiger partial charge in [0.2, 0.25) is 0 Å². The molecule has 0 spiro atoms. The molecule has 110 valence electrons. The van der Waals surface area contributed by atoms with Gasteiger partial charge in [-0.25, -0.2) is 0 Å². The second kappa shape index (κ2) is 6.49. The van der Waals surface area contributed by atoms with Gasteiger partial charge < -0.3 is 20.5 Å². The molecule has 0 saturated heterocycles. The number of hydrogen-bond donors (Lipinski definition) is 2. The molecule has 2 aromatic carbocycles. The van der Waals surface area contributed by atoms with Crippen molar-refractivity contribution in [1.29, 1.82) is 0 Å². The number of carbonyl (C=O) groups excluding carboxylic acids is 1. The number of ether oxygens (including phenoxy) is 2. The Morgan fingerprint density at radius 2 is 1.81 bits per heavy atom. The Morgan fingerprint density at radius 1 is 1.10 bits per heavy atom. The number of benzene rings is 2. The Labute approximate surface area is 131 Å². The van der Waals surface area contributed by atoms with Gasteiger partial charge in [-0.05, 0) is 46.3 Å². The van der Waals surface area contributed by atoms with Crippen LogP contribution in [0.25, 0.3) is 0 Å². The summed E-state index contributed by atoms with van der Waals surface area (Å²) in [6.07, 6.45) is 0. The number of anilines is 2. The van der Waals surface area contributed by atoms with E-state index in [1.165, 1.54) is 7.11 Å². The SMILES string of the molecule is COc1ccc(C(=O)Nc2ccc(N)cc2OC)cc1Br. The quantitative estimate of drug-likeness (QED) is 0.829. The van der Waals surface area contributed by atoms with E-state index in [0.717, 1.165) is 0 Å². The Hall–Kier alpha value is -2.21. The maximum absolute atomic E-state index is 12.3. The highest BCUT2D eigenvalue weighted by Crippen LogP contribution is 2.29. The molecule has 1 amide bonds. The Bertz CT molecular complexity index is 674. The van der Waals surface area contributed by atoms with Crippen molar-refractivity contribution in [2.45, 2.75) is 0 Å². The predicted molar refractivity (Wildman–Crippen MR) is 86.1 cm³/mol. The fourth-order valence-electron chi connectivity index (χ4n) is 1.81. The van der Waals surface area contributed by atoms with Crippen LogP contribution in [0.1, 0.15) is 10.4 Å². The molecule has 2 aromatic rings. The molecule has 0 aliphatic carbocycles. The monoisotopic (exact) mass is 350 g/mol. The summed E-state index contributed by atoms with van der Waals surface area (Å²) in [5.41, 5.74) is 7.31. The van der Waals surface area contributed by atoms with E-state index in [-0.39, 0.29) is 5.91 Å². The molecule has 0 aliphatic rings. The van der Waals surface area contributed by atoms with E-state index in [1.807, 2.05) is 0 Å². The summed E-state index contributed by atoms with van der Waals surface area (Å²) in [4.78, 5) is 12.3. The van der Waals surface area contributed by atoms with Crippen LogP contribution in [0.2, 0.25) is 0 Å². The predicted octanol–water partition coefficient (Wildman–Crippen LogP) is 3.30. The van der Waals surface area contributed by atoms with Gasteiger partial charge in [-0.15, -0.1) is 0 Å².